The maximum Gasteiger partial charge on any atom is 0.255 e. The molecule has 8 heteroatoms. The Morgan fingerprint density at radius 2 is 2.00 bits per heavy atom. The van der Waals surface area contributed by atoms with Gasteiger partial charge in [-0.25, -0.2) is 0 Å². The monoisotopic (exact) mass is 430 g/mol. The molecule has 2 aromatic rings. The highest BCUT2D eigenvalue weighted by molar-refractivity contribution is 6.05. The lowest BCUT2D eigenvalue weighted by molar-refractivity contribution is -0.136. The minimum absolute atomic E-state index is 0.175. The van der Waals surface area contributed by atoms with E-state index in [2.05, 4.69) is 16.0 Å². The van der Waals surface area contributed by atoms with E-state index in [-0.39, 0.29) is 24.1 Å². The summed E-state index contributed by atoms with van der Waals surface area (Å²) in [5, 5.41) is 8.48. The third-order valence-corrected chi connectivity index (χ3v) is 6.06. The number of piperidine rings is 1. The zero-order valence-corrected chi connectivity index (χ0v) is 17.3. The van der Waals surface area contributed by atoms with Gasteiger partial charge in [0.2, 0.25) is 11.8 Å². The number of nitrogens with zero attached hydrogens (tertiary/aromatic N) is 1. The van der Waals surface area contributed by atoms with Gasteiger partial charge in [-0.05, 0) is 41.3 Å². The number of carbonyl (C=O) groups is 4. The first-order valence-corrected chi connectivity index (χ1v) is 10.6. The number of hydrogen-bond donors (Lipinski definition) is 3. The zero-order chi connectivity index (χ0) is 22.2. The molecule has 4 amide bonds. The molecule has 3 aliphatic heterocycles. The molecule has 1 atom stereocenters. The average molecular weight is 430 g/mol. The third kappa shape index (κ3) is 3.64. The van der Waals surface area contributed by atoms with Gasteiger partial charge in [-0.15, -0.1) is 0 Å². The minimum Gasteiger partial charge on any atom is -0.381 e. The summed E-state index contributed by atoms with van der Waals surface area (Å²) in [7, 11) is 0. The highest BCUT2D eigenvalue weighted by Crippen LogP contribution is 2.28. The van der Waals surface area contributed by atoms with Gasteiger partial charge in [0.05, 0.1) is 0 Å². The van der Waals surface area contributed by atoms with E-state index >= 15 is 0 Å². The molecule has 3 N–H and O–H groups in total. The van der Waals surface area contributed by atoms with Crippen LogP contribution >= 0.6 is 0 Å². The zero-order valence-electron chi connectivity index (χ0n) is 17.3. The molecule has 1 saturated heterocycles. The lowest BCUT2D eigenvalue weighted by Gasteiger charge is -2.29. The highest BCUT2D eigenvalue weighted by atomic mass is 16.2. The summed E-state index contributed by atoms with van der Waals surface area (Å²) in [5.74, 6) is -1.11. The first-order chi connectivity index (χ1) is 15.5. The van der Waals surface area contributed by atoms with Crippen molar-refractivity contribution in [3.05, 3.63) is 70.3 Å². The van der Waals surface area contributed by atoms with E-state index in [1.807, 2.05) is 36.4 Å². The van der Waals surface area contributed by atoms with Gasteiger partial charge in [0.15, 0.2) is 0 Å². The van der Waals surface area contributed by atoms with Crippen molar-refractivity contribution >= 4 is 35.4 Å². The van der Waals surface area contributed by atoms with Crippen LogP contribution in [0.25, 0.3) is 6.08 Å². The molecule has 2 aromatic carbocycles. The number of fused-ring (bicyclic) bond motifs is 2. The quantitative estimate of drug-likeness (QED) is 0.642. The molecule has 0 spiro atoms. The molecule has 162 valence electrons. The molecule has 3 aliphatic rings. The molecule has 1 fully saturated rings. The predicted octanol–water partition coefficient (Wildman–Crippen LogP) is 1.82. The van der Waals surface area contributed by atoms with Gasteiger partial charge in [-0.3, -0.25) is 24.5 Å². The van der Waals surface area contributed by atoms with E-state index < -0.39 is 11.9 Å². The molecule has 0 aromatic heterocycles. The Balaban J connectivity index is 1.25. The second kappa shape index (κ2) is 7.96. The molecular formula is C24H22N4O4. The van der Waals surface area contributed by atoms with Crippen LogP contribution in [-0.2, 0) is 22.7 Å². The lowest BCUT2D eigenvalue weighted by atomic mass is 10.0. The van der Waals surface area contributed by atoms with Crippen molar-refractivity contribution in [2.24, 2.45) is 0 Å². The van der Waals surface area contributed by atoms with E-state index in [0.717, 1.165) is 28.9 Å². The smallest absolute Gasteiger partial charge is 0.255 e. The lowest BCUT2D eigenvalue weighted by Crippen LogP contribution is -2.52. The standard InChI is InChI=1S/C24H22N4O4/c29-21-8-7-20(23(31)27-21)28-13-17-10-14(3-6-18(17)24(28)32)12-26-22(30)16-5-4-15-2-1-9-25-19(15)11-16/h1-6,10-11,20,25H,7-9,12-13H2,(H,26,30)(H,27,29,31). The van der Waals surface area contributed by atoms with Gasteiger partial charge < -0.3 is 15.5 Å². The summed E-state index contributed by atoms with van der Waals surface area (Å²) in [6.45, 7) is 1.37. The SMILES string of the molecule is O=C1CCC(N2Cc3cc(CNC(=O)c4ccc5c(c4)NCC=C5)ccc3C2=O)C(=O)N1. The minimum atomic E-state index is -0.636. The molecule has 5 rings (SSSR count). The van der Waals surface area contributed by atoms with E-state index in [9.17, 15) is 19.2 Å². The van der Waals surface area contributed by atoms with Gasteiger partial charge in [0, 0.05) is 42.9 Å². The first-order valence-electron chi connectivity index (χ1n) is 10.6. The Kier molecular flexibility index (Phi) is 4.97. The van der Waals surface area contributed by atoms with Crippen molar-refractivity contribution in [1.82, 2.24) is 15.5 Å². The molecular weight excluding hydrogens is 408 g/mol. The molecule has 8 nitrogen and oxygen atoms in total. The number of anilines is 1. The Hall–Kier alpha value is -3.94. The van der Waals surface area contributed by atoms with Crippen molar-refractivity contribution in [2.75, 3.05) is 11.9 Å². The summed E-state index contributed by atoms with van der Waals surface area (Å²) in [4.78, 5) is 50.5. The van der Waals surface area contributed by atoms with Crippen LogP contribution < -0.4 is 16.0 Å². The largest absolute Gasteiger partial charge is 0.381 e. The summed E-state index contributed by atoms with van der Waals surface area (Å²) in [6.07, 6.45) is 4.61. The number of hydrogen-bond acceptors (Lipinski definition) is 5. The molecule has 32 heavy (non-hydrogen) atoms. The number of amides is 4. The fourth-order valence-corrected chi connectivity index (χ4v) is 4.37. The Morgan fingerprint density at radius 1 is 1.12 bits per heavy atom. The van der Waals surface area contributed by atoms with Crippen LogP contribution in [0.4, 0.5) is 5.69 Å². The van der Waals surface area contributed by atoms with Gasteiger partial charge >= 0.3 is 0 Å². The van der Waals surface area contributed by atoms with E-state index in [0.29, 0.717) is 30.6 Å². The second-order valence-corrected chi connectivity index (χ2v) is 8.16. The van der Waals surface area contributed by atoms with Crippen LogP contribution in [0.3, 0.4) is 0 Å². The fraction of sp³-hybridized carbons (Fsp3) is 0.250. The Morgan fingerprint density at radius 3 is 2.84 bits per heavy atom. The number of imide groups is 1. The first kappa shape index (κ1) is 20.0. The number of rotatable bonds is 4. The molecule has 0 radical (unpaired) electrons. The molecule has 0 saturated carbocycles. The van der Waals surface area contributed by atoms with E-state index in [4.69, 9.17) is 0 Å². The van der Waals surface area contributed by atoms with Crippen LogP contribution in [0.1, 0.15) is 50.2 Å². The molecule has 0 aliphatic carbocycles. The van der Waals surface area contributed by atoms with Crippen molar-refractivity contribution in [1.29, 1.82) is 0 Å². The van der Waals surface area contributed by atoms with E-state index in [1.54, 1.807) is 12.1 Å². The maximum absolute atomic E-state index is 12.8. The van der Waals surface area contributed by atoms with Gasteiger partial charge in [-0.2, -0.15) is 0 Å². The molecule has 3 heterocycles. The van der Waals surface area contributed by atoms with Crippen molar-refractivity contribution in [3.63, 3.8) is 0 Å². The maximum atomic E-state index is 12.8. The summed E-state index contributed by atoms with van der Waals surface area (Å²) in [5.41, 5.74) is 4.80. The Labute approximate surface area is 184 Å². The summed E-state index contributed by atoms with van der Waals surface area (Å²) in [6, 6.07) is 10.3. The van der Waals surface area contributed by atoms with Crippen LogP contribution in [0.5, 0.6) is 0 Å². The third-order valence-electron chi connectivity index (χ3n) is 6.06. The highest BCUT2D eigenvalue weighted by Gasteiger charge is 2.39. The van der Waals surface area contributed by atoms with Crippen LogP contribution in [-0.4, -0.2) is 41.1 Å². The predicted molar refractivity (Wildman–Crippen MR) is 118 cm³/mol. The van der Waals surface area contributed by atoms with Crippen LogP contribution in [0.2, 0.25) is 0 Å². The van der Waals surface area contributed by atoms with Gasteiger partial charge in [0.25, 0.3) is 11.8 Å². The van der Waals surface area contributed by atoms with Crippen molar-refractivity contribution < 1.29 is 19.2 Å². The van der Waals surface area contributed by atoms with Gasteiger partial charge in [0.1, 0.15) is 6.04 Å². The van der Waals surface area contributed by atoms with E-state index in [1.165, 1.54) is 4.90 Å². The molecule has 0 bridgehead atoms. The van der Waals surface area contributed by atoms with Crippen LogP contribution in [0, 0.1) is 0 Å². The normalized spacial score (nSPS) is 19.2. The number of benzene rings is 2. The van der Waals surface area contributed by atoms with Gasteiger partial charge in [-0.1, -0.05) is 30.4 Å². The fourth-order valence-electron chi connectivity index (χ4n) is 4.37. The summed E-state index contributed by atoms with van der Waals surface area (Å²) >= 11 is 0. The van der Waals surface area contributed by atoms with Crippen molar-refractivity contribution in [2.45, 2.75) is 32.0 Å². The Bertz CT molecular complexity index is 1190. The van der Waals surface area contributed by atoms with Crippen LogP contribution in [0.15, 0.2) is 42.5 Å². The molecule has 1 unspecified atom stereocenters. The number of nitrogens with one attached hydrogen (secondary N) is 3. The number of carbonyl (C=O) groups excluding carboxylic acids is 4. The average Bonchev–Trinajstić information content (AvgIpc) is 3.12. The van der Waals surface area contributed by atoms with Crippen molar-refractivity contribution in [3.8, 4) is 0 Å². The topological polar surface area (TPSA) is 108 Å². The second-order valence-electron chi connectivity index (χ2n) is 8.16. The summed E-state index contributed by atoms with van der Waals surface area (Å²) < 4.78 is 0.